The van der Waals surface area contributed by atoms with Crippen molar-refractivity contribution in [2.45, 2.75) is 20.4 Å². The monoisotopic (exact) mass is 400 g/mol. The third kappa shape index (κ3) is 4.95. The molecule has 30 heavy (non-hydrogen) atoms. The number of aromatic nitrogens is 1. The molecule has 1 heterocycles. The summed E-state index contributed by atoms with van der Waals surface area (Å²) in [6.45, 7) is 5.62. The number of amides is 2. The summed E-state index contributed by atoms with van der Waals surface area (Å²) < 4.78 is 1.92. The second-order valence-electron chi connectivity index (χ2n) is 6.84. The molecular formula is C24H24N4O2. The third-order valence-corrected chi connectivity index (χ3v) is 4.90. The molecule has 0 saturated heterocycles. The predicted molar refractivity (Wildman–Crippen MR) is 119 cm³/mol. The summed E-state index contributed by atoms with van der Waals surface area (Å²) in [5.41, 5.74) is 2.95. The van der Waals surface area contributed by atoms with Crippen molar-refractivity contribution in [2.75, 3.05) is 18.4 Å². The quantitative estimate of drug-likeness (QED) is 0.608. The molecular weight excluding hydrogens is 376 g/mol. The third-order valence-electron chi connectivity index (χ3n) is 4.90. The minimum atomic E-state index is -0.257. The molecule has 0 unspecified atom stereocenters. The highest BCUT2D eigenvalue weighted by Crippen LogP contribution is 2.21. The maximum Gasteiger partial charge on any atom is 0.248 e. The molecule has 6 nitrogen and oxygen atoms in total. The Morgan fingerprint density at radius 2 is 1.93 bits per heavy atom. The van der Waals surface area contributed by atoms with Crippen molar-refractivity contribution in [3.63, 3.8) is 0 Å². The zero-order valence-corrected chi connectivity index (χ0v) is 17.1. The summed E-state index contributed by atoms with van der Waals surface area (Å²) in [6, 6.07) is 16.7. The molecule has 0 fully saturated rings. The lowest BCUT2D eigenvalue weighted by Gasteiger charge is -2.19. The van der Waals surface area contributed by atoms with Crippen molar-refractivity contribution in [1.29, 1.82) is 5.26 Å². The summed E-state index contributed by atoms with van der Waals surface area (Å²) in [7, 11) is 0. The molecule has 0 bridgehead atoms. The first kappa shape index (κ1) is 20.9. The molecule has 2 aromatic carbocycles. The standard InChI is InChI=1S/C24H24N4O2/c1-3-27(4-2)24(30)17-28-13-12-20-15-21(9-10-22(20)28)26-23(29)11-8-18-6-5-7-19(14-18)16-25/h5-15H,3-4,17H2,1-2H3,(H,26,29)/b11-8+. The fourth-order valence-corrected chi connectivity index (χ4v) is 3.31. The fraction of sp³-hybridized carbons (Fsp3) is 0.208. The van der Waals surface area contributed by atoms with Gasteiger partial charge in [0.1, 0.15) is 6.54 Å². The Hall–Kier alpha value is -3.85. The number of carbonyl (C=O) groups is 2. The molecule has 0 aliphatic carbocycles. The first-order chi connectivity index (χ1) is 14.5. The number of nitrogens with one attached hydrogen (secondary N) is 1. The topological polar surface area (TPSA) is 78.1 Å². The van der Waals surface area contributed by atoms with Gasteiger partial charge in [-0.2, -0.15) is 5.26 Å². The number of benzene rings is 2. The lowest BCUT2D eigenvalue weighted by Crippen LogP contribution is -2.33. The van der Waals surface area contributed by atoms with E-state index in [0.717, 1.165) is 16.5 Å². The van der Waals surface area contributed by atoms with E-state index in [1.165, 1.54) is 6.08 Å². The van der Waals surface area contributed by atoms with Crippen molar-refractivity contribution in [2.24, 2.45) is 0 Å². The van der Waals surface area contributed by atoms with Gasteiger partial charge in [0.2, 0.25) is 11.8 Å². The summed E-state index contributed by atoms with van der Waals surface area (Å²) in [4.78, 5) is 26.4. The number of rotatable bonds is 7. The lowest BCUT2D eigenvalue weighted by molar-refractivity contribution is -0.131. The van der Waals surface area contributed by atoms with Crippen LogP contribution in [-0.2, 0) is 16.1 Å². The average Bonchev–Trinajstić information content (AvgIpc) is 3.15. The van der Waals surface area contributed by atoms with Gasteiger partial charge in [0.25, 0.3) is 0 Å². The van der Waals surface area contributed by atoms with Gasteiger partial charge in [0.05, 0.1) is 11.6 Å². The Kier molecular flexibility index (Phi) is 6.66. The van der Waals surface area contributed by atoms with Crippen molar-refractivity contribution >= 4 is 34.5 Å². The molecule has 152 valence electrons. The van der Waals surface area contributed by atoms with Crippen LogP contribution in [0.25, 0.3) is 17.0 Å². The Morgan fingerprint density at radius 3 is 2.67 bits per heavy atom. The maximum atomic E-state index is 12.4. The summed E-state index contributed by atoms with van der Waals surface area (Å²) >= 11 is 0. The van der Waals surface area contributed by atoms with E-state index in [1.54, 1.807) is 29.2 Å². The highest BCUT2D eigenvalue weighted by molar-refractivity contribution is 6.03. The van der Waals surface area contributed by atoms with Crippen LogP contribution >= 0.6 is 0 Å². The minimum Gasteiger partial charge on any atom is -0.342 e. The van der Waals surface area contributed by atoms with Crippen molar-refractivity contribution in [1.82, 2.24) is 9.47 Å². The number of nitrogens with zero attached hydrogens (tertiary/aromatic N) is 3. The Bertz CT molecular complexity index is 1130. The van der Waals surface area contributed by atoms with Gasteiger partial charge in [-0.1, -0.05) is 12.1 Å². The van der Waals surface area contributed by atoms with Crippen LogP contribution in [0.1, 0.15) is 25.0 Å². The van der Waals surface area contributed by atoms with E-state index in [1.807, 2.05) is 54.9 Å². The summed E-state index contributed by atoms with van der Waals surface area (Å²) in [5, 5.41) is 12.7. The number of nitriles is 1. The van der Waals surface area contributed by atoms with E-state index in [2.05, 4.69) is 11.4 Å². The van der Waals surface area contributed by atoms with Gasteiger partial charge < -0.3 is 14.8 Å². The average molecular weight is 400 g/mol. The van der Waals surface area contributed by atoms with E-state index in [0.29, 0.717) is 30.9 Å². The highest BCUT2D eigenvalue weighted by Gasteiger charge is 2.12. The highest BCUT2D eigenvalue weighted by atomic mass is 16.2. The van der Waals surface area contributed by atoms with Crippen LogP contribution in [0.15, 0.2) is 60.8 Å². The molecule has 2 amide bonds. The normalized spacial score (nSPS) is 10.8. The van der Waals surface area contributed by atoms with Crippen LogP contribution < -0.4 is 5.32 Å². The largest absolute Gasteiger partial charge is 0.342 e. The van der Waals surface area contributed by atoms with E-state index in [-0.39, 0.29) is 11.8 Å². The molecule has 3 rings (SSSR count). The van der Waals surface area contributed by atoms with Gasteiger partial charge in [-0.25, -0.2) is 0 Å². The Balaban J connectivity index is 1.69. The SMILES string of the molecule is CCN(CC)C(=O)Cn1ccc2cc(NC(=O)/C=C/c3cccc(C#N)c3)ccc21. The van der Waals surface area contributed by atoms with E-state index >= 15 is 0 Å². The van der Waals surface area contributed by atoms with Crippen LogP contribution in [0.3, 0.4) is 0 Å². The second kappa shape index (κ2) is 9.57. The van der Waals surface area contributed by atoms with E-state index in [4.69, 9.17) is 5.26 Å². The van der Waals surface area contributed by atoms with Gasteiger partial charge >= 0.3 is 0 Å². The molecule has 0 saturated carbocycles. The van der Waals surface area contributed by atoms with Crippen LogP contribution in [0.2, 0.25) is 0 Å². The van der Waals surface area contributed by atoms with Gasteiger partial charge in [-0.15, -0.1) is 0 Å². The number of fused-ring (bicyclic) bond motifs is 1. The first-order valence-corrected chi connectivity index (χ1v) is 9.90. The molecule has 3 aromatic rings. The van der Waals surface area contributed by atoms with Crippen LogP contribution in [-0.4, -0.2) is 34.4 Å². The molecule has 1 N–H and O–H groups in total. The number of likely N-dealkylation sites (N-methyl/N-ethyl adjacent to an activating group) is 1. The number of carbonyl (C=O) groups excluding carboxylic acids is 2. The molecule has 0 spiro atoms. The van der Waals surface area contributed by atoms with Gasteiger partial charge in [0.15, 0.2) is 0 Å². The minimum absolute atomic E-state index is 0.0838. The van der Waals surface area contributed by atoms with Gasteiger partial charge in [0, 0.05) is 42.0 Å². The Labute approximate surface area is 176 Å². The van der Waals surface area contributed by atoms with Gasteiger partial charge in [-0.05, 0) is 61.9 Å². The lowest BCUT2D eigenvalue weighted by atomic mass is 10.1. The number of hydrogen-bond donors (Lipinski definition) is 1. The predicted octanol–water partition coefficient (Wildman–Crippen LogP) is 4.03. The van der Waals surface area contributed by atoms with Crippen molar-refractivity contribution in [3.05, 3.63) is 71.9 Å². The molecule has 6 heteroatoms. The number of anilines is 1. The van der Waals surface area contributed by atoms with E-state index < -0.39 is 0 Å². The Morgan fingerprint density at radius 1 is 1.13 bits per heavy atom. The van der Waals surface area contributed by atoms with Crippen molar-refractivity contribution in [3.8, 4) is 6.07 Å². The maximum absolute atomic E-state index is 12.4. The van der Waals surface area contributed by atoms with Crippen LogP contribution in [0.5, 0.6) is 0 Å². The summed E-state index contributed by atoms with van der Waals surface area (Å²) in [6.07, 6.45) is 5.00. The molecule has 0 radical (unpaired) electrons. The molecule has 0 aliphatic heterocycles. The fourth-order valence-electron chi connectivity index (χ4n) is 3.31. The smallest absolute Gasteiger partial charge is 0.248 e. The first-order valence-electron chi connectivity index (χ1n) is 9.90. The zero-order valence-electron chi connectivity index (χ0n) is 17.1. The molecule has 0 aliphatic rings. The molecule has 1 aromatic heterocycles. The van der Waals surface area contributed by atoms with E-state index in [9.17, 15) is 9.59 Å². The van der Waals surface area contributed by atoms with Crippen LogP contribution in [0.4, 0.5) is 5.69 Å². The second-order valence-corrected chi connectivity index (χ2v) is 6.84. The zero-order chi connectivity index (χ0) is 21.5. The van der Waals surface area contributed by atoms with Crippen LogP contribution in [0, 0.1) is 11.3 Å². The van der Waals surface area contributed by atoms with Gasteiger partial charge in [-0.3, -0.25) is 9.59 Å². The molecule has 0 atom stereocenters. The van der Waals surface area contributed by atoms with Crippen molar-refractivity contribution < 1.29 is 9.59 Å². The summed E-state index contributed by atoms with van der Waals surface area (Å²) in [5.74, 6) is -0.173. The number of hydrogen-bond acceptors (Lipinski definition) is 3.